The molecular formula is C24H20F3N3O3S. The van der Waals surface area contributed by atoms with Gasteiger partial charge < -0.3 is 9.64 Å². The number of urea groups is 1. The zero-order valence-electron chi connectivity index (χ0n) is 18.2. The lowest BCUT2D eigenvalue weighted by Crippen LogP contribution is -2.43. The van der Waals surface area contributed by atoms with Crippen LogP contribution in [0.5, 0.6) is 11.6 Å². The molecule has 0 bridgehead atoms. The number of carbonyl (C=O) groups excluding carboxylic acids is 2. The molecule has 0 spiro atoms. The monoisotopic (exact) mass is 487 g/mol. The van der Waals surface area contributed by atoms with Crippen LogP contribution in [0.15, 0.2) is 77.8 Å². The third-order valence-corrected chi connectivity index (χ3v) is 6.00. The fourth-order valence-electron chi connectivity index (χ4n) is 3.52. The number of para-hydroxylation sites is 1. The highest BCUT2D eigenvalue weighted by Crippen LogP contribution is 2.39. The highest BCUT2D eigenvalue weighted by molar-refractivity contribution is 8.00. The molecule has 3 aromatic rings. The third-order valence-electron chi connectivity index (χ3n) is 5.26. The minimum Gasteiger partial charge on any atom is -0.439 e. The number of benzene rings is 2. The number of aromatic nitrogens is 1. The molecule has 1 saturated heterocycles. The van der Waals surface area contributed by atoms with E-state index in [-0.39, 0.29) is 28.9 Å². The molecule has 0 unspecified atom stereocenters. The molecular weight excluding hydrogens is 467 g/mol. The fourth-order valence-corrected chi connectivity index (χ4v) is 4.06. The van der Waals surface area contributed by atoms with Gasteiger partial charge in [-0.15, -0.1) is 0 Å². The van der Waals surface area contributed by atoms with Crippen LogP contribution in [0.25, 0.3) is 0 Å². The van der Waals surface area contributed by atoms with Crippen LogP contribution in [0.3, 0.4) is 0 Å². The van der Waals surface area contributed by atoms with E-state index in [0.29, 0.717) is 17.2 Å². The predicted molar refractivity (Wildman–Crippen MR) is 122 cm³/mol. The van der Waals surface area contributed by atoms with Gasteiger partial charge in [0.2, 0.25) is 5.88 Å². The highest BCUT2D eigenvalue weighted by atomic mass is 32.2. The Balaban J connectivity index is 1.54. The Labute approximate surface area is 198 Å². The number of rotatable bonds is 6. The van der Waals surface area contributed by atoms with Gasteiger partial charge in [-0.3, -0.25) is 4.79 Å². The summed E-state index contributed by atoms with van der Waals surface area (Å²) in [6.07, 6.45) is 1.55. The second-order valence-corrected chi connectivity index (χ2v) is 9.17. The highest BCUT2D eigenvalue weighted by Gasteiger charge is 2.51. The summed E-state index contributed by atoms with van der Waals surface area (Å²) < 4.78 is 43.6. The number of pyridine rings is 1. The topological polar surface area (TPSA) is 62.7 Å². The van der Waals surface area contributed by atoms with Gasteiger partial charge in [0.05, 0.1) is 5.69 Å². The average molecular weight is 488 g/mol. The van der Waals surface area contributed by atoms with E-state index in [1.165, 1.54) is 29.2 Å². The number of hydrogen-bond acceptors (Lipinski definition) is 5. The van der Waals surface area contributed by atoms with Gasteiger partial charge in [0.1, 0.15) is 11.3 Å². The molecule has 1 aliphatic heterocycles. The number of anilines is 1. The molecule has 0 atom stereocenters. The minimum atomic E-state index is -4.42. The summed E-state index contributed by atoms with van der Waals surface area (Å²) in [6, 6.07) is 17.1. The van der Waals surface area contributed by atoms with Crippen molar-refractivity contribution in [1.82, 2.24) is 9.88 Å². The standard InChI is InChI=1S/C24H20F3N3O3S/c1-23(2)21(31)30(17-8-10-19(11-9-17)34-24(25,26)27)22(32)29(23)15-16-12-13-28-20(14-16)33-18-6-4-3-5-7-18/h3-14H,15H2,1-2H3. The Kier molecular flexibility index (Phi) is 6.26. The molecule has 0 aliphatic carbocycles. The van der Waals surface area contributed by atoms with Gasteiger partial charge in [-0.05, 0) is 73.6 Å². The second-order valence-electron chi connectivity index (χ2n) is 8.03. The molecule has 6 nitrogen and oxygen atoms in total. The summed E-state index contributed by atoms with van der Waals surface area (Å²) in [5.74, 6) is 0.482. The van der Waals surface area contributed by atoms with Crippen LogP contribution >= 0.6 is 11.8 Å². The Bertz CT molecular complexity index is 1200. The molecule has 4 rings (SSSR count). The van der Waals surface area contributed by atoms with Crippen molar-refractivity contribution in [2.75, 3.05) is 4.90 Å². The number of thioether (sulfide) groups is 1. The van der Waals surface area contributed by atoms with E-state index in [4.69, 9.17) is 4.74 Å². The number of nitrogens with zero attached hydrogens (tertiary/aromatic N) is 3. The van der Waals surface area contributed by atoms with Gasteiger partial charge in [0.15, 0.2) is 0 Å². The molecule has 176 valence electrons. The first-order valence-corrected chi connectivity index (χ1v) is 11.1. The molecule has 10 heteroatoms. The first-order valence-electron chi connectivity index (χ1n) is 10.2. The van der Waals surface area contributed by atoms with Gasteiger partial charge >= 0.3 is 11.5 Å². The van der Waals surface area contributed by atoms with Crippen molar-refractivity contribution >= 4 is 29.4 Å². The lowest BCUT2D eigenvalue weighted by atomic mass is 10.0. The summed E-state index contributed by atoms with van der Waals surface area (Å²) >= 11 is -0.259. The molecule has 2 heterocycles. The second kappa shape index (κ2) is 9.02. The van der Waals surface area contributed by atoms with Gasteiger partial charge in [0.25, 0.3) is 5.91 Å². The van der Waals surface area contributed by atoms with Crippen LogP contribution < -0.4 is 9.64 Å². The van der Waals surface area contributed by atoms with Crippen molar-refractivity contribution in [3.05, 3.63) is 78.5 Å². The predicted octanol–water partition coefficient (Wildman–Crippen LogP) is 6.23. The van der Waals surface area contributed by atoms with E-state index in [1.807, 2.05) is 18.2 Å². The maximum Gasteiger partial charge on any atom is 0.446 e. The smallest absolute Gasteiger partial charge is 0.439 e. The summed E-state index contributed by atoms with van der Waals surface area (Å²) in [5, 5.41) is 0. The van der Waals surface area contributed by atoms with E-state index < -0.39 is 23.0 Å². The Hall–Kier alpha value is -3.53. The van der Waals surface area contributed by atoms with Crippen LogP contribution in [0.1, 0.15) is 19.4 Å². The summed E-state index contributed by atoms with van der Waals surface area (Å²) in [7, 11) is 0. The van der Waals surface area contributed by atoms with E-state index in [2.05, 4.69) is 4.98 Å². The van der Waals surface area contributed by atoms with Crippen LogP contribution in [-0.4, -0.2) is 32.9 Å². The lowest BCUT2D eigenvalue weighted by molar-refractivity contribution is -0.123. The Morgan fingerprint density at radius 1 is 1.00 bits per heavy atom. The first kappa shape index (κ1) is 23.6. The number of ether oxygens (including phenoxy) is 1. The average Bonchev–Trinajstić information content (AvgIpc) is 2.94. The van der Waals surface area contributed by atoms with Crippen molar-refractivity contribution in [1.29, 1.82) is 0 Å². The normalized spacial score (nSPS) is 15.7. The van der Waals surface area contributed by atoms with Crippen LogP contribution in [0, 0.1) is 0 Å². The van der Waals surface area contributed by atoms with Crippen molar-refractivity contribution in [3.63, 3.8) is 0 Å². The maximum absolute atomic E-state index is 13.2. The van der Waals surface area contributed by atoms with Crippen LogP contribution in [-0.2, 0) is 11.3 Å². The SMILES string of the molecule is CC1(C)C(=O)N(c2ccc(SC(F)(F)F)cc2)C(=O)N1Cc1ccnc(Oc2ccccc2)c1. The number of hydrogen-bond donors (Lipinski definition) is 0. The molecule has 0 radical (unpaired) electrons. The first-order chi connectivity index (χ1) is 16.0. The number of amides is 3. The van der Waals surface area contributed by atoms with E-state index in [9.17, 15) is 22.8 Å². The molecule has 1 aliphatic rings. The third kappa shape index (κ3) is 5.01. The minimum absolute atomic E-state index is 0.0332. The van der Waals surface area contributed by atoms with Crippen molar-refractivity contribution < 1.29 is 27.5 Å². The molecule has 0 N–H and O–H groups in total. The molecule has 1 fully saturated rings. The zero-order valence-corrected chi connectivity index (χ0v) is 19.1. The molecule has 2 aromatic carbocycles. The zero-order chi connectivity index (χ0) is 24.5. The molecule has 1 aromatic heterocycles. The summed E-state index contributed by atoms with van der Waals surface area (Å²) in [6.45, 7) is 3.37. The molecule has 34 heavy (non-hydrogen) atoms. The fraction of sp³-hybridized carbons (Fsp3) is 0.208. The summed E-state index contributed by atoms with van der Waals surface area (Å²) in [5.41, 5.74) is -4.68. The van der Waals surface area contributed by atoms with E-state index in [1.54, 1.807) is 44.3 Å². The van der Waals surface area contributed by atoms with Crippen LogP contribution in [0.2, 0.25) is 0 Å². The Morgan fingerprint density at radius 3 is 2.32 bits per heavy atom. The number of imide groups is 1. The largest absolute Gasteiger partial charge is 0.446 e. The quantitative estimate of drug-likeness (QED) is 0.305. The Morgan fingerprint density at radius 2 is 1.68 bits per heavy atom. The van der Waals surface area contributed by atoms with Gasteiger partial charge in [-0.1, -0.05) is 18.2 Å². The summed E-state index contributed by atoms with van der Waals surface area (Å²) in [4.78, 5) is 32.9. The van der Waals surface area contributed by atoms with Gasteiger partial charge in [-0.2, -0.15) is 13.2 Å². The number of halogens is 3. The number of alkyl halides is 3. The van der Waals surface area contributed by atoms with Crippen molar-refractivity contribution in [2.45, 2.75) is 36.3 Å². The molecule has 0 saturated carbocycles. The van der Waals surface area contributed by atoms with Gasteiger partial charge in [0, 0.05) is 23.7 Å². The maximum atomic E-state index is 13.2. The van der Waals surface area contributed by atoms with E-state index in [0.717, 1.165) is 4.90 Å². The van der Waals surface area contributed by atoms with Crippen molar-refractivity contribution in [3.8, 4) is 11.6 Å². The van der Waals surface area contributed by atoms with E-state index >= 15 is 0 Å². The van der Waals surface area contributed by atoms with Crippen LogP contribution in [0.4, 0.5) is 23.7 Å². The molecule has 3 amide bonds. The number of carbonyl (C=O) groups is 2. The lowest BCUT2D eigenvalue weighted by Gasteiger charge is -2.27. The van der Waals surface area contributed by atoms with Crippen molar-refractivity contribution in [2.24, 2.45) is 0 Å². The van der Waals surface area contributed by atoms with Gasteiger partial charge in [-0.25, -0.2) is 14.7 Å².